The Morgan fingerprint density at radius 3 is 2.57 bits per heavy atom. The Morgan fingerprint density at radius 2 is 1.83 bits per heavy atom. The third-order valence-corrected chi connectivity index (χ3v) is 8.65. The second-order valence-corrected chi connectivity index (χ2v) is 11.2. The van der Waals surface area contributed by atoms with Gasteiger partial charge in [-0.25, -0.2) is 9.78 Å². The highest BCUT2D eigenvalue weighted by Gasteiger charge is 2.47. The summed E-state index contributed by atoms with van der Waals surface area (Å²) in [5, 5.41) is 2.81. The first-order valence-electron chi connectivity index (χ1n) is 13.6. The summed E-state index contributed by atoms with van der Waals surface area (Å²) in [6.07, 6.45) is 11.3. The summed E-state index contributed by atoms with van der Waals surface area (Å²) in [6.45, 7) is 3.94. The highest BCUT2D eigenvalue weighted by atomic mass is 16.5. The summed E-state index contributed by atoms with van der Waals surface area (Å²) >= 11 is 0. The molecule has 0 bridgehead atoms. The number of aromatic nitrogens is 2. The number of benzene rings is 1. The molecule has 35 heavy (non-hydrogen) atoms. The van der Waals surface area contributed by atoms with Gasteiger partial charge in [-0.2, -0.15) is 0 Å². The number of likely N-dealkylation sites (tertiary alicyclic amines) is 1. The van der Waals surface area contributed by atoms with Crippen molar-refractivity contribution in [3.8, 4) is 0 Å². The van der Waals surface area contributed by atoms with E-state index in [4.69, 9.17) is 9.72 Å². The standard InChI is InChI=1S/C28H40N4O3/c1-17(2)25(31-28(34)35-3)27(33)32-23-12-6-4-5-11-20(23)16-24(32)26-29-21-14-13-19(15-22(21)30-26)18-9-7-8-10-18/h13-15,17-18,20,23-25H,4-12,16H2,1-3H3,(H,29,30)(H,31,34)/t20-,23-,24-,25-/m0/s1. The zero-order valence-corrected chi connectivity index (χ0v) is 21.4. The first-order valence-corrected chi connectivity index (χ1v) is 13.6. The maximum atomic E-state index is 14.0. The van der Waals surface area contributed by atoms with Crippen molar-refractivity contribution < 1.29 is 14.3 Å². The van der Waals surface area contributed by atoms with Gasteiger partial charge in [0.1, 0.15) is 11.9 Å². The van der Waals surface area contributed by atoms with E-state index in [2.05, 4.69) is 33.4 Å². The number of hydrogen-bond acceptors (Lipinski definition) is 4. The van der Waals surface area contributed by atoms with Crippen molar-refractivity contribution in [1.82, 2.24) is 20.2 Å². The number of fused-ring (bicyclic) bond motifs is 2. The van der Waals surface area contributed by atoms with E-state index in [9.17, 15) is 9.59 Å². The van der Waals surface area contributed by atoms with Crippen molar-refractivity contribution in [3.05, 3.63) is 29.6 Å². The van der Waals surface area contributed by atoms with Gasteiger partial charge in [-0.15, -0.1) is 0 Å². The van der Waals surface area contributed by atoms with Crippen LogP contribution in [0.5, 0.6) is 0 Å². The highest BCUT2D eigenvalue weighted by molar-refractivity contribution is 5.87. The monoisotopic (exact) mass is 480 g/mol. The molecule has 3 fully saturated rings. The fourth-order valence-electron chi connectivity index (χ4n) is 6.77. The van der Waals surface area contributed by atoms with Gasteiger partial charge in [-0.3, -0.25) is 4.79 Å². The van der Waals surface area contributed by atoms with Gasteiger partial charge in [0.05, 0.1) is 24.2 Å². The van der Waals surface area contributed by atoms with Gasteiger partial charge < -0.3 is 19.9 Å². The van der Waals surface area contributed by atoms with Gasteiger partial charge >= 0.3 is 6.09 Å². The molecule has 2 amide bonds. The zero-order chi connectivity index (χ0) is 24.5. The normalized spacial score (nSPS) is 26.1. The number of imidazole rings is 1. The third-order valence-electron chi connectivity index (χ3n) is 8.65. The van der Waals surface area contributed by atoms with E-state index >= 15 is 0 Å². The van der Waals surface area contributed by atoms with Crippen molar-refractivity contribution in [3.63, 3.8) is 0 Å². The molecule has 0 spiro atoms. The molecule has 190 valence electrons. The molecule has 2 aromatic rings. The molecule has 2 N–H and O–H groups in total. The van der Waals surface area contributed by atoms with E-state index in [1.807, 2.05) is 13.8 Å². The van der Waals surface area contributed by atoms with Crippen LogP contribution in [-0.4, -0.2) is 46.1 Å². The lowest BCUT2D eigenvalue weighted by Gasteiger charge is -2.35. The van der Waals surface area contributed by atoms with Crippen LogP contribution in [-0.2, 0) is 9.53 Å². The summed E-state index contributed by atoms with van der Waals surface area (Å²) in [5.41, 5.74) is 3.42. The van der Waals surface area contributed by atoms with Crippen LogP contribution in [0.3, 0.4) is 0 Å². The van der Waals surface area contributed by atoms with Crippen LogP contribution in [0.25, 0.3) is 11.0 Å². The van der Waals surface area contributed by atoms with E-state index in [0.717, 1.165) is 42.5 Å². The van der Waals surface area contributed by atoms with Crippen molar-refractivity contribution in [2.24, 2.45) is 11.8 Å². The van der Waals surface area contributed by atoms with Crippen molar-refractivity contribution in [2.45, 2.75) is 102 Å². The van der Waals surface area contributed by atoms with Gasteiger partial charge in [0.25, 0.3) is 0 Å². The molecule has 3 aliphatic rings. The fraction of sp³-hybridized carbons (Fsp3) is 0.679. The molecule has 7 nitrogen and oxygen atoms in total. The van der Waals surface area contributed by atoms with Crippen LogP contribution >= 0.6 is 0 Å². The summed E-state index contributed by atoms with van der Waals surface area (Å²) in [5.74, 6) is 1.94. The van der Waals surface area contributed by atoms with Crippen LogP contribution in [0.15, 0.2) is 18.2 Å². The Kier molecular flexibility index (Phi) is 7.03. The summed E-state index contributed by atoms with van der Waals surface area (Å²) in [6, 6.07) is 6.13. The minimum absolute atomic E-state index is 0.0168. The molecule has 0 radical (unpaired) electrons. The number of H-pyrrole nitrogens is 1. The van der Waals surface area contributed by atoms with E-state index in [1.165, 1.54) is 51.2 Å². The topological polar surface area (TPSA) is 87.3 Å². The smallest absolute Gasteiger partial charge is 0.407 e. The fourth-order valence-corrected chi connectivity index (χ4v) is 6.77. The van der Waals surface area contributed by atoms with Crippen LogP contribution in [0, 0.1) is 11.8 Å². The van der Waals surface area contributed by atoms with E-state index in [-0.39, 0.29) is 23.9 Å². The largest absolute Gasteiger partial charge is 0.453 e. The van der Waals surface area contributed by atoms with Crippen molar-refractivity contribution >= 4 is 23.0 Å². The molecule has 1 saturated heterocycles. The van der Waals surface area contributed by atoms with Gasteiger partial charge in [-0.1, -0.05) is 52.0 Å². The third kappa shape index (κ3) is 4.78. The Hall–Kier alpha value is -2.57. The maximum Gasteiger partial charge on any atom is 0.407 e. The number of methoxy groups -OCH3 is 1. The van der Waals surface area contributed by atoms with Crippen LogP contribution < -0.4 is 5.32 Å². The number of aromatic amines is 1. The lowest BCUT2D eigenvalue weighted by Crippen LogP contribution is -2.53. The molecule has 5 rings (SSSR count). The zero-order valence-electron chi connectivity index (χ0n) is 21.4. The van der Waals surface area contributed by atoms with Gasteiger partial charge in [0.15, 0.2) is 0 Å². The van der Waals surface area contributed by atoms with Gasteiger partial charge in [-0.05, 0) is 67.6 Å². The maximum absolute atomic E-state index is 14.0. The number of carbonyl (C=O) groups excluding carboxylic acids is 2. The number of ether oxygens (including phenoxy) is 1. The number of carbonyl (C=O) groups is 2. The van der Waals surface area contributed by atoms with Crippen LogP contribution in [0.2, 0.25) is 0 Å². The van der Waals surface area contributed by atoms with Crippen LogP contribution in [0.1, 0.15) is 101 Å². The molecule has 7 heteroatoms. The quantitative estimate of drug-likeness (QED) is 0.564. The minimum Gasteiger partial charge on any atom is -0.453 e. The van der Waals surface area contributed by atoms with Gasteiger partial charge in [0.2, 0.25) is 5.91 Å². The van der Waals surface area contributed by atoms with E-state index in [1.54, 1.807) is 0 Å². The first-order chi connectivity index (χ1) is 17.0. The van der Waals surface area contributed by atoms with Crippen LogP contribution in [0.4, 0.5) is 4.79 Å². The first kappa shape index (κ1) is 24.1. The minimum atomic E-state index is -0.620. The Labute approximate surface area is 208 Å². The Balaban J connectivity index is 1.48. The molecule has 1 aromatic heterocycles. The summed E-state index contributed by atoms with van der Waals surface area (Å²) in [4.78, 5) is 36.8. The van der Waals surface area contributed by atoms with E-state index in [0.29, 0.717) is 11.8 Å². The predicted molar refractivity (Wildman–Crippen MR) is 136 cm³/mol. The number of nitrogens with one attached hydrogen (secondary N) is 2. The number of alkyl carbamates (subject to hydrolysis) is 1. The summed E-state index contributed by atoms with van der Waals surface area (Å²) < 4.78 is 4.84. The molecule has 2 saturated carbocycles. The van der Waals surface area contributed by atoms with E-state index < -0.39 is 12.1 Å². The number of amides is 2. The average molecular weight is 481 g/mol. The molecule has 4 atom stereocenters. The molecule has 1 aromatic carbocycles. The summed E-state index contributed by atoms with van der Waals surface area (Å²) in [7, 11) is 1.34. The molecule has 0 unspecified atom stereocenters. The van der Waals surface area contributed by atoms with Gasteiger partial charge in [0, 0.05) is 6.04 Å². The molecule has 1 aliphatic heterocycles. The molecule has 2 aliphatic carbocycles. The second kappa shape index (κ2) is 10.2. The number of nitrogens with zero attached hydrogens (tertiary/aromatic N) is 2. The predicted octanol–water partition coefficient (Wildman–Crippen LogP) is 5.82. The van der Waals surface area contributed by atoms with Crippen molar-refractivity contribution in [2.75, 3.05) is 7.11 Å². The number of hydrogen-bond donors (Lipinski definition) is 2. The Morgan fingerprint density at radius 1 is 1.09 bits per heavy atom. The lowest BCUT2D eigenvalue weighted by molar-refractivity contribution is -0.138. The Bertz CT molecular complexity index is 1060. The SMILES string of the molecule is COC(=O)N[C@H](C(=O)N1[C@H](c2nc3cc(C4CCCC4)ccc3[nH]2)C[C@@H]2CCCCC[C@@H]21)C(C)C. The highest BCUT2D eigenvalue weighted by Crippen LogP contribution is 2.46. The molecular weight excluding hydrogens is 440 g/mol. The number of rotatable bonds is 5. The average Bonchev–Trinajstić information content (AvgIpc) is 3.57. The van der Waals surface area contributed by atoms with Crippen molar-refractivity contribution in [1.29, 1.82) is 0 Å². The molecular formula is C28H40N4O3. The lowest BCUT2D eigenvalue weighted by atomic mass is 9.94. The second-order valence-electron chi connectivity index (χ2n) is 11.2. The molecule has 2 heterocycles.